The summed E-state index contributed by atoms with van der Waals surface area (Å²) in [7, 11) is 0. The Bertz CT molecular complexity index is 209. The summed E-state index contributed by atoms with van der Waals surface area (Å²) in [6, 6.07) is 0. The molecule has 1 unspecified atom stereocenters. The van der Waals surface area contributed by atoms with Gasteiger partial charge >= 0.3 is 6.18 Å². The summed E-state index contributed by atoms with van der Waals surface area (Å²) < 4.78 is 37.1. The van der Waals surface area contributed by atoms with Gasteiger partial charge in [0, 0.05) is 6.54 Å². The molecule has 0 aromatic heterocycles. The Hall–Kier alpha value is -0.290. The molecular weight excluding hydrogens is 255 g/mol. The van der Waals surface area contributed by atoms with Crippen molar-refractivity contribution in [2.75, 3.05) is 19.6 Å². The lowest BCUT2D eigenvalue weighted by molar-refractivity contribution is -0.208. The van der Waals surface area contributed by atoms with E-state index in [9.17, 15) is 13.2 Å². The highest BCUT2D eigenvalue weighted by Crippen LogP contribution is 2.21. The Morgan fingerprint density at radius 1 is 0.895 bits per heavy atom. The van der Waals surface area contributed by atoms with Gasteiger partial charge in [-0.1, -0.05) is 46.0 Å². The van der Waals surface area contributed by atoms with Crippen LogP contribution in [0.4, 0.5) is 13.2 Å². The third-order valence-electron chi connectivity index (χ3n) is 3.21. The van der Waals surface area contributed by atoms with Gasteiger partial charge in [-0.15, -0.1) is 0 Å². The highest BCUT2D eigenvalue weighted by molar-refractivity contribution is 4.71. The van der Waals surface area contributed by atoms with Gasteiger partial charge in [0.2, 0.25) is 0 Å². The topological polar surface area (TPSA) is 23.5 Å². The molecule has 2 nitrogen and oxygen atoms in total. The van der Waals surface area contributed by atoms with Crippen molar-refractivity contribution in [1.82, 2.24) is 4.90 Å². The summed E-state index contributed by atoms with van der Waals surface area (Å²) in [6.45, 7) is 5.17. The lowest BCUT2D eigenvalue weighted by Gasteiger charge is -2.26. The van der Waals surface area contributed by atoms with E-state index in [0.717, 1.165) is 44.9 Å². The quantitative estimate of drug-likeness (QED) is 0.580. The first-order valence-corrected chi connectivity index (χ1v) is 7.38. The van der Waals surface area contributed by atoms with Crippen molar-refractivity contribution in [1.29, 1.82) is 0 Å². The molecule has 0 bridgehead atoms. The van der Waals surface area contributed by atoms with Gasteiger partial charge in [0.25, 0.3) is 0 Å². The summed E-state index contributed by atoms with van der Waals surface area (Å²) in [5.41, 5.74) is 0. The van der Waals surface area contributed by atoms with Crippen molar-refractivity contribution in [2.24, 2.45) is 0 Å². The minimum atomic E-state index is -4.51. The molecule has 0 aromatic carbocycles. The molecule has 0 aliphatic heterocycles. The molecule has 0 rings (SSSR count). The highest BCUT2D eigenvalue weighted by Gasteiger charge is 2.38. The molecule has 0 spiro atoms. The maximum atomic E-state index is 12.4. The van der Waals surface area contributed by atoms with E-state index in [1.54, 1.807) is 4.90 Å². The fourth-order valence-electron chi connectivity index (χ4n) is 1.99. The van der Waals surface area contributed by atoms with Gasteiger partial charge in [0.05, 0.1) is 0 Å². The third-order valence-corrected chi connectivity index (χ3v) is 3.21. The molecule has 0 aliphatic carbocycles. The van der Waals surface area contributed by atoms with Crippen molar-refractivity contribution in [2.45, 2.75) is 71.1 Å². The number of aliphatic hydroxyl groups excluding tert-OH is 1. The van der Waals surface area contributed by atoms with Crippen LogP contribution in [0.1, 0.15) is 58.8 Å². The van der Waals surface area contributed by atoms with Crippen LogP contribution in [0.15, 0.2) is 0 Å². The fraction of sp³-hybridized carbons (Fsp3) is 1.00. The average Bonchev–Trinajstić information content (AvgIpc) is 2.33. The van der Waals surface area contributed by atoms with Crippen LogP contribution in [0.25, 0.3) is 0 Å². The second-order valence-electron chi connectivity index (χ2n) is 5.13. The maximum absolute atomic E-state index is 12.4. The van der Waals surface area contributed by atoms with E-state index in [2.05, 4.69) is 13.8 Å². The molecule has 0 aromatic rings. The van der Waals surface area contributed by atoms with Gasteiger partial charge in [-0.05, 0) is 25.9 Å². The van der Waals surface area contributed by atoms with E-state index in [-0.39, 0.29) is 6.54 Å². The zero-order valence-electron chi connectivity index (χ0n) is 12.2. The fourth-order valence-corrected chi connectivity index (χ4v) is 1.99. The van der Waals surface area contributed by atoms with E-state index < -0.39 is 12.3 Å². The Morgan fingerprint density at radius 2 is 1.37 bits per heavy atom. The Morgan fingerprint density at radius 3 is 1.84 bits per heavy atom. The van der Waals surface area contributed by atoms with Crippen molar-refractivity contribution in [3.8, 4) is 0 Å². The van der Waals surface area contributed by atoms with Crippen LogP contribution in [0.5, 0.6) is 0 Å². The second-order valence-corrected chi connectivity index (χ2v) is 5.13. The van der Waals surface area contributed by atoms with Crippen LogP contribution >= 0.6 is 0 Å². The van der Waals surface area contributed by atoms with Gasteiger partial charge in [0.1, 0.15) is 0 Å². The molecule has 1 N–H and O–H groups in total. The molecule has 0 heterocycles. The zero-order valence-corrected chi connectivity index (χ0v) is 12.2. The van der Waals surface area contributed by atoms with Crippen LogP contribution in [-0.4, -0.2) is 41.9 Å². The maximum Gasteiger partial charge on any atom is 0.415 e. The number of rotatable bonds is 11. The van der Waals surface area contributed by atoms with Crippen LogP contribution in [0.3, 0.4) is 0 Å². The lowest BCUT2D eigenvalue weighted by Crippen LogP contribution is -2.41. The monoisotopic (exact) mass is 283 g/mol. The van der Waals surface area contributed by atoms with Crippen LogP contribution < -0.4 is 0 Å². The van der Waals surface area contributed by atoms with Crippen molar-refractivity contribution >= 4 is 0 Å². The number of alkyl halides is 3. The first kappa shape index (κ1) is 18.7. The summed E-state index contributed by atoms with van der Waals surface area (Å²) in [5, 5.41) is 9.15. The smallest absolute Gasteiger partial charge is 0.382 e. The minimum absolute atomic E-state index is 0.292. The summed E-state index contributed by atoms with van der Waals surface area (Å²) in [6.07, 6.45) is 0.416. The van der Waals surface area contributed by atoms with Gasteiger partial charge in [-0.2, -0.15) is 13.2 Å². The standard InChI is InChI=1S/C14H28F3NO/c1-3-5-7-9-11-18(10-8-6-4-2)12-13(19)14(15,16)17/h13,19H,3-12H2,1-2H3. The summed E-state index contributed by atoms with van der Waals surface area (Å²) in [5.74, 6) is 0. The van der Waals surface area contributed by atoms with E-state index in [1.807, 2.05) is 0 Å². The van der Waals surface area contributed by atoms with Crippen LogP contribution in [0, 0.1) is 0 Å². The molecule has 19 heavy (non-hydrogen) atoms. The zero-order chi connectivity index (χ0) is 14.7. The third kappa shape index (κ3) is 10.2. The number of nitrogens with zero attached hydrogens (tertiary/aromatic N) is 1. The van der Waals surface area contributed by atoms with E-state index in [4.69, 9.17) is 5.11 Å². The molecule has 1 atom stereocenters. The molecule has 0 amide bonds. The largest absolute Gasteiger partial charge is 0.415 e. The number of aliphatic hydroxyl groups is 1. The second kappa shape index (κ2) is 10.5. The molecule has 5 heteroatoms. The predicted molar refractivity (Wildman–Crippen MR) is 72.2 cm³/mol. The first-order valence-electron chi connectivity index (χ1n) is 7.38. The Labute approximate surface area is 115 Å². The predicted octanol–water partition coefficient (Wildman–Crippen LogP) is 3.98. The van der Waals surface area contributed by atoms with E-state index >= 15 is 0 Å². The highest BCUT2D eigenvalue weighted by atomic mass is 19.4. The van der Waals surface area contributed by atoms with Crippen molar-refractivity contribution in [3.05, 3.63) is 0 Å². The number of halogens is 3. The number of hydrogen-bond acceptors (Lipinski definition) is 2. The van der Waals surface area contributed by atoms with Crippen LogP contribution in [-0.2, 0) is 0 Å². The molecule has 116 valence electrons. The van der Waals surface area contributed by atoms with Crippen molar-refractivity contribution in [3.63, 3.8) is 0 Å². The molecule has 0 saturated heterocycles. The lowest BCUT2D eigenvalue weighted by atomic mass is 10.1. The SMILES string of the molecule is CCCCCCN(CCCCC)CC(O)C(F)(F)F. The normalized spacial score (nSPS) is 14.1. The number of unbranched alkanes of at least 4 members (excludes halogenated alkanes) is 5. The van der Waals surface area contributed by atoms with Gasteiger partial charge < -0.3 is 10.0 Å². The average molecular weight is 283 g/mol. The number of hydrogen-bond donors (Lipinski definition) is 1. The van der Waals surface area contributed by atoms with Gasteiger partial charge in [0.15, 0.2) is 6.10 Å². The van der Waals surface area contributed by atoms with E-state index in [0.29, 0.717) is 13.1 Å². The summed E-state index contributed by atoms with van der Waals surface area (Å²) >= 11 is 0. The molecular formula is C14H28F3NO. The Balaban J connectivity index is 4.09. The van der Waals surface area contributed by atoms with Gasteiger partial charge in [-0.25, -0.2) is 0 Å². The first-order chi connectivity index (χ1) is 8.91. The van der Waals surface area contributed by atoms with Crippen LogP contribution in [0.2, 0.25) is 0 Å². The molecule has 0 saturated carbocycles. The van der Waals surface area contributed by atoms with Gasteiger partial charge in [-0.3, -0.25) is 0 Å². The molecule has 0 aliphatic rings. The summed E-state index contributed by atoms with van der Waals surface area (Å²) in [4.78, 5) is 1.75. The minimum Gasteiger partial charge on any atom is -0.382 e. The Kier molecular flexibility index (Phi) is 10.3. The molecule has 0 fully saturated rings. The molecule has 0 radical (unpaired) electrons. The van der Waals surface area contributed by atoms with E-state index in [1.165, 1.54) is 0 Å². The van der Waals surface area contributed by atoms with Crippen molar-refractivity contribution < 1.29 is 18.3 Å².